The largest absolute Gasteiger partial charge is 0.497 e. The molecule has 152 valence electrons. The summed E-state index contributed by atoms with van der Waals surface area (Å²) < 4.78 is 37.0. The van der Waals surface area contributed by atoms with Crippen molar-refractivity contribution in [2.24, 2.45) is 0 Å². The summed E-state index contributed by atoms with van der Waals surface area (Å²) in [6, 6.07) is 13.0. The van der Waals surface area contributed by atoms with Crippen molar-refractivity contribution in [2.75, 3.05) is 12.4 Å². The Kier molecular flexibility index (Phi) is 5.25. The molecule has 0 unspecified atom stereocenters. The molecule has 7 nitrogen and oxygen atoms in total. The number of hydrogen-bond donors (Lipinski definition) is 1. The normalized spacial score (nSPS) is 10.9. The number of alkyl halides is 2. The molecule has 0 saturated heterocycles. The van der Waals surface area contributed by atoms with Gasteiger partial charge >= 0.3 is 6.61 Å². The molecule has 0 radical (unpaired) electrons. The van der Waals surface area contributed by atoms with E-state index in [-0.39, 0.29) is 11.3 Å². The van der Waals surface area contributed by atoms with Crippen LogP contribution in [-0.4, -0.2) is 34.2 Å². The number of amides is 1. The summed E-state index contributed by atoms with van der Waals surface area (Å²) >= 11 is 0. The molecule has 0 spiro atoms. The quantitative estimate of drug-likeness (QED) is 0.514. The highest BCUT2D eigenvalue weighted by atomic mass is 19.3. The lowest BCUT2D eigenvalue weighted by Crippen LogP contribution is -2.12. The first-order valence-electron chi connectivity index (χ1n) is 8.88. The fraction of sp³-hybridized carbons (Fsp3) is 0.0952. The SMILES string of the molecule is COc1ccc(-c2cc(NC(=O)c3cnn4cccnc34)ccc2OC(F)F)cc1. The van der Waals surface area contributed by atoms with Crippen LogP contribution in [0.3, 0.4) is 0 Å². The first kappa shape index (κ1) is 19.3. The van der Waals surface area contributed by atoms with E-state index in [1.165, 1.54) is 30.0 Å². The van der Waals surface area contributed by atoms with Gasteiger partial charge in [-0.2, -0.15) is 13.9 Å². The Morgan fingerprint density at radius 2 is 1.97 bits per heavy atom. The van der Waals surface area contributed by atoms with Gasteiger partial charge < -0.3 is 14.8 Å². The number of halogens is 2. The number of nitrogens with zero attached hydrogens (tertiary/aromatic N) is 3. The summed E-state index contributed by atoms with van der Waals surface area (Å²) in [5.74, 6) is 0.192. The average Bonchev–Trinajstić information content (AvgIpc) is 3.19. The Bertz CT molecular complexity index is 1190. The zero-order valence-electron chi connectivity index (χ0n) is 15.8. The fourth-order valence-electron chi connectivity index (χ4n) is 2.99. The minimum Gasteiger partial charge on any atom is -0.497 e. The van der Waals surface area contributed by atoms with Gasteiger partial charge in [0.05, 0.1) is 13.3 Å². The summed E-state index contributed by atoms with van der Waals surface area (Å²) in [6.45, 7) is -2.98. The smallest absolute Gasteiger partial charge is 0.387 e. The maximum Gasteiger partial charge on any atom is 0.387 e. The van der Waals surface area contributed by atoms with Gasteiger partial charge in [-0.05, 0) is 42.0 Å². The van der Waals surface area contributed by atoms with Crippen molar-refractivity contribution >= 4 is 17.2 Å². The van der Waals surface area contributed by atoms with Crippen LogP contribution in [-0.2, 0) is 0 Å². The van der Waals surface area contributed by atoms with Crippen molar-refractivity contribution in [1.29, 1.82) is 0 Å². The van der Waals surface area contributed by atoms with E-state index in [4.69, 9.17) is 4.74 Å². The topological polar surface area (TPSA) is 77.8 Å². The number of fused-ring (bicyclic) bond motifs is 1. The van der Waals surface area contributed by atoms with Crippen molar-refractivity contribution in [3.05, 3.63) is 72.7 Å². The highest BCUT2D eigenvalue weighted by molar-refractivity contribution is 6.08. The van der Waals surface area contributed by atoms with Gasteiger partial charge in [0.1, 0.15) is 17.1 Å². The lowest BCUT2D eigenvalue weighted by molar-refractivity contribution is -0.0494. The van der Waals surface area contributed by atoms with Crippen LogP contribution in [0.1, 0.15) is 10.4 Å². The van der Waals surface area contributed by atoms with Crippen molar-refractivity contribution < 1.29 is 23.0 Å². The molecule has 0 aliphatic heterocycles. The predicted molar refractivity (Wildman–Crippen MR) is 106 cm³/mol. The number of ether oxygens (including phenoxy) is 2. The van der Waals surface area contributed by atoms with Gasteiger partial charge in [0.2, 0.25) is 0 Å². The van der Waals surface area contributed by atoms with E-state index in [0.717, 1.165) is 0 Å². The second-order valence-corrected chi connectivity index (χ2v) is 6.22. The van der Waals surface area contributed by atoms with E-state index < -0.39 is 12.5 Å². The van der Waals surface area contributed by atoms with Gasteiger partial charge in [0, 0.05) is 23.6 Å². The molecule has 9 heteroatoms. The second-order valence-electron chi connectivity index (χ2n) is 6.22. The Morgan fingerprint density at radius 1 is 1.17 bits per heavy atom. The molecule has 1 N–H and O–H groups in total. The van der Waals surface area contributed by atoms with Crippen LogP contribution in [0.15, 0.2) is 67.1 Å². The third kappa shape index (κ3) is 3.90. The van der Waals surface area contributed by atoms with Crippen LogP contribution in [0, 0.1) is 0 Å². The fourth-order valence-corrected chi connectivity index (χ4v) is 2.99. The van der Waals surface area contributed by atoms with Crippen LogP contribution in [0.2, 0.25) is 0 Å². The van der Waals surface area contributed by atoms with Crippen LogP contribution in [0.25, 0.3) is 16.8 Å². The van der Waals surface area contributed by atoms with Crippen molar-refractivity contribution in [2.45, 2.75) is 6.61 Å². The number of anilines is 1. The maximum atomic E-state index is 12.9. The molecule has 2 aromatic heterocycles. The molecule has 4 rings (SSSR count). The first-order valence-corrected chi connectivity index (χ1v) is 8.88. The van der Waals surface area contributed by atoms with E-state index >= 15 is 0 Å². The zero-order valence-corrected chi connectivity index (χ0v) is 15.8. The molecule has 30 heavy (non-hydrogen) atoms. The summed E-state index contributed by atoms with van der Waals surface area (Å²) in [5.41, 5.74) is 2.12. The van der Waals surface area contributed by atoms with Crippen molar-refractivity contribution in [1.82, 2.24) is 14.6 Å². The average molecular weight is 410 g/mol. The monoisotopic (exact) mass is 410 g/mol. The van der Waals surface area contributed by atoms with Gasteiger partial charge in [-0.25, -0.2) is 9.50 Å². The van der Waals surface area contributed by atoms with Gasteiger partial charge in [-0.15, -0.1) is 0 Å². The van der Waals surface area contributed by atoms with E-state index in [0.29, 0.717) is 28.2 Å². The first-order chi connectivity index (χ1) is 14.5. The summed E-state index contributed by atoms with van der Waals surface area (Å²) in [7, 11) is 1.53. The number of methoxy groups -OCH3 is 1. The Morgan fingerprint density at radius 3 is 2.70 bits per heavy atom. The Labute approximate surface area is 169 Å². The molecule has 0 aliphatic carbocycles. The Hall–Kier alpha value is -4.01. The van der Waals surface area contributed by atoms with Gasteiger partial charge in [0.25, 0.3) is 5.91 Å². The molecular weight excluding hydrogens is 394 g/mol. The number of benzene rings is 2. The molecular formula is C21H16F2N4O3. The standard InChI is InChI=1S/C21H16F2N4O3/c1-29-15-6-3-13(4-7-15)16-11-14(5-8-18(16)30-21(22)23)26-20(28)17-12-25-27-10-2-9-24-19(17)27/h2-12,21H,1H3,(H,26,28). The minimum atomic E-state index is -2.98. The number of aromatic nitrogens is 3. The lowest BCUT2D eigenvalue weighted by Gasteiger charge is -2.14. The van der Waals surface area contributed by atoms with Crippen molar-refractivity contribution in [3.63, 3.8) is 0 Å². The molecule has 4 aromatic rings. The van der Waals surface area contributed by atoms with Gasteiger partial charge in [-0.3, -0.25) is 4.79 Å². The van der Waals surface area contributed by atoms with Crippen molar-refractivity contribution in [3.8, 4) is 22.6 Å². The van der Waals surface area contributed by atoms with Crippen LogP contribution in [0.4, 0.5) is 14.5 Å². The zero-order chi connectivity index (χ0) is 21.1. The van der Waals surface area contributed by atoms with E-state index in [1.807, 2.05) is 0 Å². The molecule has 0 saturated carbocycles. The molecule has 0 aliphatic rings. The van der Waals surface area contributed by atoms with Crippen LogP contribution >= 0.6 is 0 Å². The third-order valence-corrected chi connectivity index (χ3v) is 4.38. The highest BCUT2D eigenvalue weighted by Crippen LogP contribution is 2.34. The van der Waals surface area contributed by atoms with Crippen LogP contribution in [0.5, 0.6) is 11.5 Å². The number of carbonyl (C=O) groups is 1. The molecule has 0 atom stereocenters. The molecule has 0 fully saturated rings. The summed E-state index contributed by atoms with van der Waals surface area (Å²) in [5, 5.41) is 6.84. The lowest BCUT2D eigenvalue weighted by atomic mass is 10.0. The third-order valence-electron chi connectivity index (χ3n) is 4.38. The minimum absolute atomic E-state index is 0.00850. The summed E-state index contributed by atoms with van der Waals surface area (Å²) in [6.07, 6.45) is 4.65. The number of rotatable bonds is 6. The molecule has 2 aromatic carbocycles. The van der Waals surface area contributed by atoms with Gasteiger partial charge in [-0.1, -0.05) is 12.1 Å². The predicted octanol–water partition coefficient (Wildman–Crippen LogP) is 4.26. The molecule has 1 amide bonds. The Balaban J connectivity index is 1.67. The number of hydrogen-bond acceptors (Lipinski definition) is 5. The molecule has 0 bridgehead atoms. The van der Waals surface area contributed by atoms with E-state index in [2.05, 4.69) is 20.1 Å². The maximum absolute atomic E-state index is 12.9. The second kappa shape index (κ2) is 8.16. The van der Waals surface area contributed by atoms with E-state index in [9.17, 15) is 13.6 Å². The van der Waals surface area contributed by atoms with Crippen LogP contribution < -0.4 is 14.8 Å². The van der Waals surface area contributed by atoms with E-state index in [1.54, 1.807) is 48.8 Å². The summed E-state index contributed by atoms with van der Waals surface area (Å²) in [4.78, 5) is 16.9. The molecule has 2 heterocycles. The number of nitrogens with one attached hydrogen (secondary N) is 1. The highest BCUT2D eigenvalue weighted by Gasteiger charge is 2.16. The number of carbonyl (C=O) groups excluding carboxylic acids is 1. The van der Waals surface area contributed by atoms with Gasteiger partial charge in [0.15, 0.2) is 5.65 Å².